The number of aliphatic carboxylic acids is 1. The molecule has 1 fully saturated rings. The van der Waals surface area contributed by atoms with Gasteiger partial charge in [-0.2, -0.15) is 0 Å². The van der Waals surface area contributed by atoms with Crippen molar-refractivity contribution in [3.8, 4) is 0 Å². The number of carboxylic acid groups (broad SMARTS) is 1. The summed E-state index contributed by atoms with van der Waals surface area (Å²) in [6.07, 6.45) is -2.42. The third-order valence-electron chi connectivity index (χ3n) is 4.38. The number of carbonyl (C=O) groups is 1. The molecule has 1 saturated heterocycles. The SMILES string of the molecule is CS(=O)(CCC(=O)O)=NP(=O)(O)OC[C@H]1O[C@@H](n2cnc3c(N)ncnc32)[C@H](O)[C@@H]1O. The van der Waals surface area contributed by atoms with Crippen LogP contribution in [0.15, 0.2) is 16.8 Å². The number of aromatic nitrogens is 4. The number of hydrogen-bond donors (Lipinski definition) is 5. The molecular formula is C14H21N6O9PS. The van der Waals surface area contributed by atoms with Gasteiger partial charge in [0.1, 0.15) is 30.2 Å². The standard InChI is InChI=1S/C14H21N6O9PS/c1-31(27,3-2-8(21)22)19-30(25,26)28-4-7-10(23)11(24)14(29-7)20-6-18-9-12(15)16-5-17-13(9)20/h5-7,10-11,14,23-24H,2-4H2,1H3,(H,21,22)(H,25,26)(H2,15,16,17)/t7-,10-,11-,14-,31?/m1/s1. The van der Waals surface area contributed by atoms with Gasteiger partial charge in [-0.25, -0.2) is 23.7 Å². The number of nitrogens with zero attached hydrogens (tertiary/aromatic N) is 5. The van der Waals surface area contributed by atoms with Gasteiger partial charge >= 0.3 is 13.7 Å². The molecule has 172 valence electrons. The Morgan fingerprint density at radius 2 is 2.10 bits per heavy atom. The largest absolute Gasteiger partial charge is 0.481 e. The van der Waals surface area contributed by atoms with Crippen LogP contribution in [-0.2, 0) is 28.3 Å². The number of nitrogen functional groups attached to an aromatic ring is 1. The highest BCUT2D eigenvalue weighted by molar-refractivity contribution is 7.95. The average Bonchev–Trinajstić information content (AvgIpc) is 3.21. The Balaban J connectivity index is 1.72. The molecule has 0 aliphatic carbocycles. The number of aliphatic hydroxyl groups excluding tert-OH is 2. The fraction of sp³-hybridized carbons (Fsp3) is 0.571. The number of ether oxygens (including phenoxy) is 1. The molecule has 6 atom stereocenters. The second-order valence-corrected chi connectivity index (χ2v) is 11.0. The zero-order chi connectivity index (χ0) is 23.0. The average molecular weight is 480 g/mol. The van der Waals surface area contributed by atoms with Crippen molar-refractivity contribution in [2.45, 2.75) is 31.0 Å². The molecule has 31 heavy (non-hydrogen) atoms. The van der Waals surface area contributed by atoms with Crippen molar-refractivity contribution in [2.75, 3.05) is 24.3 Å². The summed E-state index contributed by atoms with van der Waals surface area (Å²) in [6, 6.07) is 0. The first kappa shape index (κ1) is 23.5. The Bertz CT molecular complexity index is 1150. The monoisotopic (exact) mass is 480 g/mol. The fourth-order valence-corrected chi connectivity index (χ4v) is 6.04. The molecule has 0 bridgehead atoms. The van der Waals surface area contributed by atoms with Crippen LogP contribution in [0, 0.1) is 0 Å². The van der Waals surface area contributed by atoms with Crippen LogP contribution in [0.2, 0.25) is 0 Å². The summed E-state index contributed by atoms with van der Waals surface area (Å²) in [5.41, 5.74) is 6.20. The number of imidazole rings is 1. The van der Waals surface area contributed by atoms with Crippen LogP contribution >= 0.6 is 7.75 Å². The van der Waals surface area contributed by atoms with Crippen molar-refractivity contribution in [2.24, 2.45) is 4.13 Å². The van der Waals surface area contributed by atoms with E-state index in [9.17, 15) is 28.7 Å². The highest BCUT2D eigenvalue weighted by Crippen LogP contribution is 2.46. The predicted octanol–water partition coefficient (Wildman–Crippen LogP) is -1.28. The van der Waals surface area contributed by atoms with E-state index in [0.717, 1.165) is 6.26 Å². The number of rotatable bonds is 8. The zero-order valence-corrected chi connectivity index (χ0v) is 17.8. The number of aliphatic hydroxyl groups is 2. The Kier molecular flexibility index (Phi) is 6.61. The quantitative estimate of drug-likeness (QED) is 0.277. The lowest BCUT2D eigenvalue weighted by atomic mass is 10.1. The highest BCUT2D eigenvalue weighted by Gasteiger charge is 2.45. The topological polar surface area (TPSA) is 233 Å². The predicted molar refractivity (Wildman–Crippen MR) is 105 cm³/mol. The molecule has 0 saturated carbocycles. The van der Waals surface area contributed by atoms with Crippen LogP contribution < -0.4 is 5.73 Å². The van der Waals surface area contributed by atoms with E-state index in [2.05, 4.69) is 19.1 Å². The Morgan fingerprint density at radius 3 is 2.77 bits per heavy atom. The maximum atomic E-state index is 12.2. The molecule has 3 rings (SSSR count). The van der Waals surface area contributed by atoms with Gasteiger partial charge in [-0.3, -0.25) is 13.9 Å². The summed E-state index contributed by atoms with van der Waals surface area (Å²) < 4.78 is 39.2. The van der Waals surface area contributed by atoms with Gasteiger partial charge in [0, 0.05) is 12.0 Å². The van der Waals surface area contributed by atoms with Crippen molar-refractivity contribution in [1.82, 2.24) is 19.5 Å². The van der Waals surface area contributed by atoms with E-state index < -0.39 is 66.8 Å². The molecule has 2 aromatic heterocycles. The second-order valence-electron chi connectivity index (χ2n) is 6.80. The lowest BCUT2D eigenvalue weighted by molar-refractivity contribution is -0.136. The third-order valence-corrected chi connectivity index (χ3v) is 8.03. The van der Waals surface area contributed by atoms with Crippen LogP contribution in [0.25, 0.3) is 11.2 Å². The first-order chi connectivity index (χ1) is 14.4. The van der Waals surface area contributed by atoms with Gasteiger partial charge in [0.2, 0.25) is 0 Å². The van der Waals surface area contributed by atoms with Crippen molar-refractivity contribution < 1.29 is 43.0 Å². The molecule has 0 spiro atoms. The van der Waals surface area contributed by atoms with E-state index in [1.165, 1.54) is 17.2 Å². The van der Waals surface area contributed by atoms with Crippen LogP contribution in [0.5, 0.6) is 0 Å². The van der Waals surface area contributed by atoms with Crippen molar-refractivity contribution >= 4 is 40.4 Å². The van der Waals surface area contributed by atoms with Gasteiger partial charge in [0.05, 0.1) is 29.1 Å². The Labute approximate surface area is 175 Å². The molecule has 6 N–H and O–H groups in total. The van der Waals surface area contributed by atoms with Crippen molar-refractivity contribution in [3.63, 3.8) is 0 Å². The lowest BCUT2D eigenvalue weighted by Gasteiger charge is -2.16. The maximum Gasteiger partial charge on any atom is 0.459 e. The molecular weight excluding hydrogens is 459 g/mol. The minimum Gasteiger partial charge on any atom is -0.481 e. The normalized spacial score (nSPS) is 27.6. The third kappa shape index (κ3) is 5.35. The van der Waals surface area contributed by atoms with E-state index in [-0.39, 0.29) is 17.0 Å². The summed E-state index contributed by atoms with van der Waals surface area (Å²) in [7, 11) is -8.08. The number of anilines is 1. The van der Waals surface area contributed by atoms with Crippen LogP contribution in [0.1, 0.15) is 12.6 Å². The van der Waals surface area contributed by atoms with Crippen molar-refractivity contribution in [1.29, 1.82) is 0 Å². The van der Waals surface area contributed by atoms with Gasteiger partial charge < -0.3 is 30.7 Å². The molecule has 17 heteroatoms. The maximum absolute atomic E-state index is 12.2. The minimum atomic E-state index is -4.77. The molecule has 0 radical (unpaired) electrons. The first-order valence-electron chi connectivity index (χ1n) is 8.75. The number of carboxylic acids is 1. The number of hydrogen-bond acceptors (Lipinski definition) is 11. The summed E-state index contributed by atoms with van der Waals surface area (Å²) in [5, 5.41) is 29.3. The van der Waals surface area contributed by atoms with E-state index in [1.807, 2.05) is 0 Å². The van der Waals surface area contributed by atoms with E-state index in [1.54, 1.807) is 0 Å². The molecule has 15 nitrogen and oxygen atoms in total. The summed E-state index contributed by atoms with van der Waals surface area (Å²) in [6.45, 7) is -0.676. The van der Waals surface area contributed by atoms with Gasteiger partial charge in [0.15, 0.2) is 17.7 Å². The Hall–Kier alpha value is -2.20. The molecule has 2 aromatic rings. The van der Waals surface area contributed by atoms with Gasteiger partial charge in [0.25, 0.3) is 0 Å². The van der Waals surface area contributed by atoms with Gasteiger partial charge in [-0.15, -0.1) is 4.13 Å². The van der Waals surface area contributed by atoms with Crippen molar-refractivity contribution in [3.05, 3.63) is 12.7 Å². The van der Waals surface area contributed by atoms with E-state index in [0.29, 0.717) is 0 Å². The van der Waals surface area contributed by atoms with E-state index >= 15 is 0 Å². The minimum absolute atomic E-state index is 0.102. The summed E-state index contributed by atoms with van der Waals surface area (Å²) in [4.78, 5) is 32.3. The smallest absolute Gasteiger partial charge is 0.459 e. The van der Waals surface area contributed by atoms with Crippen LogP contribution in [0.3, 0.4) is 0 Å². The molecule has 2 unspecified atom stereocenters. The highest BCUT2D eigenvalue weighted by atomic mass is 32.2. The first-order valence-corrected chi connectivity index (χ1v) is 12.4. The lowest BCUT2D eigenvalue weighted by Crippen LogP contribution is -2.33. The molecule has 0 aromatic carbocycles. The molecule has 1 aliphatic rings. The summed E-state index contributed by atoms with van der Waals surface area (Å²) >= 11 is 0. The fourth-order valence-electron chi connectivity index (χ4n) is 2.88. The summed E-state index contributed by atoms with van der Waals surface area (Å²) in [5.74, 6) is -1.58. The van der Waals surface area contributed by atoms with E-state index in [4.69, 9.17) is 20.1 Å². The van der Waals surface area contributed by atoms with Gasteiger partial charge in [-0.1, -0.05) is 0 Å². The second kappa shape index (κ2) is 8.74. The van der Waals surface area contributed by atoms with Crippen LogP contribution in [0.4, 0.5) is 5.82 Å². The Morgan fingerprint density at radius 1 is 1.39 bits per heavy atom. The van der Waals surface area contributed by atoms with Gasteiger partial charge in [-0.05, 0) is 0 Å². The molecule has 3 heterocycles. The number of fused-ring (bicyclic) bond motifs is 1. The number of nitrogens with two attached hydrogens (primary N) is 1. The zero-order valence-electron chi connectivity index (χ0n) is 16.1. The van der Waals surface area contributed by atoms with Crippen LogP contribution in [-0.4, -0.2) is 86.8 Å². The molecule has 1 aliphatic heterocycles. The molecule has 0 amide bonds.